The molecule has 0 nitrogen and oxygen atoms in total. The maximum absolute atomic E-state index is 2.58. The van der Waals surface area contributed by atoms with Crippen molar-refractivity contribution in [2.75, 3.05) is 4.43 Å². The molecule has 0 radical (unpaired) electrons. The molecule has 0 amide bonds. The van der Waals surface area contributed by atoms with Crippen molar-refractivity contribution in [3.05, 3.63) is 0 Å². The molecule has 2 saturated carbocycles. The fourth-order valence-electron chi connectivity index (χ4n) is 4.38. The molecule has 1 unspecified atom stereocenters. The van der Waals surface area contributed by atoms with Crippen LogP contribution in [0, 0.1) is 29.6 Å². The molecule has 0 spiro atoms. The summed E-state index contributed by atoms with van der Waals surface area (Å²) >= 11 is 2.58. The molecule has 1 heteroatoms. The van der Waals surface area contributed by atoms with Crippen LogP contribution in [0.3, 0.4) is 0 Å². The summed E-state index contributed by atoms with van der Waals surface area (Å²) in [5.74, 6) is 5.24. The highest BCUT2D eigenvalue weighted by Crippen LogP contribution is 2.42. The van der Waals surface area contributed by atoms with E-state index in [-0.39, 0.29) is 0 Å². The number of rotatable bonds is 4. The predicted molar refractivity (Wildman–Crippen MR) is 89.2 cm³/mol. The number of hydrogen-bond donors (Lipinski definition) is 0. The summed E-state index contributed by atoms with van der Waals surface area (Å²) < 4.78 is 1.39. The number of alkyl halides is 1. The summed E-state index contributed by atoms with van der Waals surface area (Å²) in [7, 11) is 0. The summed E-state index contributed by atoms with van der Waals surface area (Å²) in [4.78, 5) is 0. The Morgan fingerprint density at radius 3 is 1.67 bits per heavy atom. The lowest BCUT2D eigenvalue weighted by atomic mass is 9.67. The minimum atomic E-state index is 1.01. The first-order chi connectivity index (χ1) is 8.74. The van der Waals surface area contributed by atoms with Crippen LogP contribution in [-0.2, 0) is 0 Å². The van der Waals surface area contributed by atoms with Gasteiger partial charge in [-0.25, -0.2) is 0 Å². The van der Waals surface area contributed by atoms with E-state index in [1.54, 1.807) is 0 Å². The Morgan fingerprint density at radius 1 is 0.833 bits per heavy atom. The van der Waals surface area contributed by atoms with Crippen molar-refractivity contribution >= 4 is 22.6 Å². The molecule has 18 heavy (non-hydrogen) atoms. The lowest BCUT2D eigenvalue weighted by Gasteiger charge is -2.39. The molecule has 0 bridgehead atoms. The van der Waals surface area contributed by atoms with Crippen LogP contribution in [0.25, 0.3) is 0 Å². The van der Waals surface area contributed by atoms with Crippen LogP contribution in [0.4, 0.5) is 0 Å². The molecule has 0 aromatic heterocycles. The molecule has 2 rings (SSSR count). The second kappa shape index (κ2) is 7.50. The smallest absolute Gasteiger partial charge is 0.00237 e. The van der Waals surface area contributed by atoms with E-state index in [9.17, 15) is 0 Å². The first-order valence-electron chi connectivity index (χ1n) is 8.30. The van der Waals surface area contributed by atoms with E-state index in [4.69, 9.17) is 0 Å². The van der Waals surface area contributed by atoms with Crippen molar-refractivity contribution in [1.29, 1.82) is 0 Å². The van der Waals surface area contributed by atoms with Gasteiger partial charge in [-0.15, -0.1) is 0 Å². The molecule has 0 heterocycles. The zero-order valence-electron chi connectivity index (χ0n) is 12.3. The number of hydrogen-bond acceptors (Lipinski definition) is 0. The Morgan fingerprint density at radius 2 is 1.28 bits per heavy atom. The third-order valence-electron chi connectivity index (χ3n) is 6.07. The maximum atomic E-state index is 2.58. The largest absolute Gasteiger partial charge is 0.0861 e. The summed E-state index contributed by atoms with van der Waals surface area (Å²) in [6.45, 7) is 4.95. The standard InChI is InChI=1S/C17H31I/c1-3-14-4-8-16(9-5-14)13(2)17-10-6-15(12-18)7-11-17/h13-17H,3-12H2,1-2H3. The Bertz CT molecular complexity index is 198. The van der Waals surface area contributed by atoms with Crippen LogP contribution < -0.4 is 0 Å². The third-order valence-corrected chi connectivity index (χ3v) is 7.31. The van der Waals surface area contributed by atoms with Gasteiger partial charge in [0.25, 0.3) is 0 Å². The fourth-order valence-corrected chi connectivity index (χ4v) is 5.26. The highest BCUT2D eigenvalue weighted by Gasteiger charge is 2.31. The molecule has 106 valence electrons. The molecular formula is C17H31I. The average molecular weight is 362 g/mol. The van der Waals surface area contributed by atoms with Crippen LogP contribution in [0.1, 0.15) is 71.6 Å². The molecular weight excluding hydrogens is 331 g/mol. The fraction of sp³-hybridized carbons (Fsp3) is 1.00. The highest BCUT2D eigenvalue weighted by molar-refractivity contribution is 14.1. The van der Waals surface area contributed by atoms with E-state index in [2.05, 4.69) is 36.4 Å². The van der Waals surface area contributed by atoms with E-state index in [1.165, 1.54) is 62.2 Å². The van der Waals surface area contributed by atoms with Gasteiger partial charge < -0.3 is 0 Å². The lowest BCUT2D eigenvalue weighted by molar-refractivity contribution is 0.128. The van der Waals surface area contributed by atoms with Gasteiger partial charge >= 0.3 is 0 Å². The van der Waals surface area contributed by atoms with Crippen LogP contribution in [-0.4, -0.2) is 4.43 Å². The monoisotopic (exact) mass is 362 g/mol. The van der Waals surface area contributed by atoms with E-state index < -0.39 is 0 Å². The van der Waals surface area contributed by atoms with Crippen molar-refractivity contribution < 1.29 is 0 Å². The molecule has 2 aliphatic carbocycles. The normalized spacial score (nSPS) is 39.5. The molecule has 0 aliphatic heterocycles. The Hall–Kier alpha value is 0.730. The average Bonchev–Trinajstić information content (AvgIpc) is 2.47. The van der Waals surface area contributed by atoms with Gasteiger partial charge in [-0.05, 0) is 68.1 Å². The summed E-state index contributed by atoms with van der Waals surface area (Å²) in [6.07, 6.45) is 13.6. The topological polar surface area (TPSA) is 0 Å². The zero-order chi connectivity index (χ0) is 13.0. The van der Waals surface area contributed by atoms with Gasteiger partial charge in [0.15, 0.2) is 0 Å². The summed E-state index contributed by atoms with van der Waals surface area (Å²) in [5.41, 5.74) is 0. The molecule has 0 saturated heterocycles. The second-order valence-corrected chi connectivity index (χ2v) is 7.86. The molecule has 0 N–H and O–H groups in total. The molecule has 1 atom stereocenters. The SMILES string of the molecule is CCC1CCC(C(C)C2CCC(CI)CC2)CC1. The first-order valence-corrected chi connectivity index (χ1v) is 9.83. The van der Waals surface area contributed by atoms with Crippen LogP contribution in [0.15, 0.2) is 0 Å². The van der Waals surface area contributed by atoms with Gasteiger partial charge in [-0.2, -0.15) is 0 Å². The lowest BCUT2D eigenvalue weighted by Crippen LogP contribution is -2.28. The summed E-state index contributed by atoms with van der Waals surface area (Å²) in [5, 5.41) is 0. The Kier molecular flexibility index (Phi) is 6.30. The zero-order valence-corrected chi connectivity index (χ0v) is 14.5. The van der Waals surface area contributed by atoms with E-state index >= 15 is 0 Å². The van der Waals surface area contributed by atoms with Gasteiger partial charge in [-0.3, -0.25) is 0 Å². The predicted octanol–water partition coefficient (Wildman–Crippen LogP) is 6.08. The Balaban J connectivity index is 1.76. The summed E-state index contributed by atoms with van der Waals surface area (Å²) in [6, 6.07) is 0. The van der Waals surface area contributed by atoms with Crippen molar-refractivity contribution in [2.24, 2.45) is 29.6 Å². The van der Waals surface area contributed by atoms with Crippen molar-refractivity contribution in [2.45, 2.75) is 71.6 Å². The minimum Gasteiger partial charge on any atom is -0.0861 e. The quantitative estimate of drug-likeness (QED) is 0.420. The second-order valence-electron chi connectivity index (χ2n) is 6.98. The van der Waals surface area contributed by atoms with Crippen molar-refractivity contribution in [3.63, 3.8) is 0 Å². The van der Waals surface area contributed by atoms with Crippen LogP contribution >= 0.6 is 22.6 Å². The third kappa shape index (κ3) is 3.86. The van der Waals surface area contributed by atoms with Crippen molar-refractivity contribution in [3.8, 4) is 0 Å². The van der Waals surface area contributed by atoms with E-state index in [1.807, 2.05) is 0 Å². The highest BCUT2D eigenvalue weighted by atomic mass is 127. The van der Waals surface area contributed by atoms with Gasteiger partial charge in [-0.1, -0.05) is 55.7 Å². The molecule has 0 aromatic rings. The van der Waals surface area contributed by atoms with E-state index in [0.29, 0.717) is 0 Å². The molecule has 0 aromatic carbocycles. The molecule has 2 fully saturated rings. The van der Waals surface area contributed by atoms with Crippen molar-refractivity contribution in [1.82, 2.24) is 0 Å². The molecule has 2 aliphatic rings. The van der Waals surface area contributed by atoms with E-state index in [0.717, 1.165) is 29.6 Å². The van der Waals surface area contributed by atoms with Crippen LogP contribution in [0.2, 0.25) is 0 Å². The first kappa shape index (κ1) is 15.1. The van der Waals surface area contributed by atoms with Crippen LogP contribution in [0.5, 0.6) is 0 Å². The maximum Gasteiger partial charge on any atom is 0.00237 e. The number of halogens is 1. The Labute approximate surface area is 128 Å². The van der Waals surface area contributed by atoms with Gasteiger partial charge in [0.05, 0.1) is 0 Å². The van der Waals surface area contributed by atoms with Gasteiger partial charge in [0.1, 0.15) is 0 Å². The van der Waals surface area contributed by atoms with Gasteiger partial charge in [0.2, 0.25) is 0 Å². The minimum absolute atomic E-state index is 1.01. The van der Waals surface area contributed by atoms with Gasteiger partial charge in [0, 0.05) is 4.43 Å².